The predicted molar refractivity (Wildman–Crippen MR) is 77.4 cm³/mol. The number of allylic oxidation sites excluding steroid dienone is 4. The standard InChI is InChI=1S/C17H25N/c1-4-13-11-15-9-10-16(18(15)3)17(13)14-7-5-12(2)6-8-14/h4-5,7-8,12-13,15-17H,1,6,9-11H2,2-3H3. The van der Waals surface area contributed by atoms with E-state index in [1.54, 1.807) is 5.57 Å². The summed E-state index contributed by atoms with van der Waals surface area (Å²) >= 11 is 0. The van der Waals surface area contributed by atoms with E-state index in [1.165, 1.54) is 25.7 Å². The molecule has 5 atom stereocenters. The van der Waals surface area contributed by atoms with E-state index >= 15 is 0 Å². The van der Waals surface area contributed by atoms with E-state index < -0.39 is 0 Å². The van der Waals surface area contributed by atoms with Crippen LogP contribution in [-0.4, -0.2) is 24.0 Å². The predicted octanol–water partition coefficient (Wildman–Crippen LogP) is 3.79. The molecular formula is C17H25N. The van der Waals surface area contributed by atoms with Crippen LogP contribution in [0.4, 0.5) is 0 Å². The van der Waals surface area contributed by atoms with Crippen LogP contribution >= 0.6 is 0 Å². The zero-order valence-corrected chi connectivity index (χ0v) is 11.7. The molecule has 2 bridgehead atoms. The normalized spacial score (nSPS) is 43.9. The first kappa shape index (κ1) is 12.2. The molecule has 0 aromatic heterocycles. The van der Waals surface area contributed by atoms with Crippen molar-refractivity contribution in [1.82, 2.24) is 4.90 Å². The highest BCUT2D eigenvalue weighted by Crippen LogP contribution is 2.46. The van der Waals surface area contributed by atoms with Gasteiger partial charge < -0.3 is 0 Å². The molecule has 1 aliphatic carbocycles. The van der Waals surface area contributed by atoms with Gasteiger partial charge in [-0.15, -0.1) is 6.58 Å². The lowest BCUT2D eigenvalue weighted by molar-refractivity contribution is 0.108. The molecule has 0 spiro atoms. The number of rotatable bonds is 2. The fraction of sp³-hybridized carbons (Fsp3) is 0.647. The number of fused-ring (bicyclic) bond motifs is 2. The Labute approximate surface area is 111 Å². The Balaban J connectivity index is 1.88. The second kappa shape index (κ2) is 4.70. The first-order valence-corrected chi connectivity index (χ1v) is 7.43. The van der Waals surface area contributed by atoms with Gasteiger partial charge in [0.05, 0.1) is 0 Å². The van der Waals surface area contributed by atoms with Crippen LogP contribution in [0.25, 0.3) is 0 Å². The molecule has 2 heterocycles. The maximum Gasteiger partial charge on any atom is 0.0170 e. The van der Waals surface area contributed by atoms with E-state index in [9.17, 15) is 0 Å². The monoisotopic (exact) mass is 243 g/mol. The Bertz CT molecular complexity index is 392. The summed E-state index contributed by atoms with van der Waals surface area (Å²) in [7, 11) is 2.32. The third-order valence-electron chi connectivity index (χ3n) is 5.34. The van der Waals surface area contributed by atoms with Crippen molar-refractivity contribution in [2.75, 3.05) is 7.05 Å². The van der Waals surface area contributed by atoms with Crippen molar-refractivity contribution < 1.29 is 0 Å². The van der Waals surface area contributed by atoms with Crippen molar-refractivity contribution in [1.29, 1.82) is 0 Å². The minimum absolute atomic E-state index is 0.683. The SMILES string of the molecule is C=CC1CC2CCC(C1C1=CCC(C)C=C1)N2C. The molecule has 1 heteroatoms. The summed E-state index contributed by atoms with van der Waals surface area (Å²) in [6.45, 7) is 6.40. The third-order valence-corrected chi connectivity index (χ3v) is 5.34. The third kappa shape index (κ3) is 1.89. The topological polar surface area (TPSA) is 3.24 Å². The summed E-state index contributed by atoms with van der Waals surface area (Å²) < 4.78 is 0. The van der Waals surface area contributed by atoms with Gasteiger partial charge in [-0.2, -0.15) is 0 Å². The lowest BCUT2D eigenvalue weighted by atomic mass is 9.74. The van der Waals surface area contributed by atoms with Gasteiger partial charge in [-0.3, -0.25) is 4.90 Å². The average molecular weight is 243 g/mol. The minimum atomic E-state index is 0.683. The van der Waals surface area contributed by atoms with Gasteiger partial charge in [0.15, 0.2) is 0 Å². The first-order chi connectivity index (χ1) is 8.70. The van der Waals surface area contributed by atoms with Crippen molar-refractivity contribution in [3.63, 3.8) is 0 Å². The van der Waals surface area contributed by atoms with Gasteiger partial charge in [-0.1, -0.05) is 31.2 Å². The van der Waals surface area contributed by atoms with Gasteiger partial charge >= 0.3 is 0 Å². The van der Waals surface area contributed by atoms with E-state index in [1.807, 2.05) is 0 Å². The molecular weight excluding hydrogens is 218 g/mol. The molecule has 98 valence electrons. The summed E-state index contributed by atoms with van der Waals surface area (Å²) in [6.07, 6.45) is 14.8. The molecule has 2 fully saturated rings. The lowest BCUT2D eigenvalue weighted by Gasteiger charge is -2.43. The molecule has 18 heavy (non-hydrogen) atoms. The zero-order valence-electron chi connectivity index (χ0n) is 11.7. The average Bonchev–Trinajstić information content (AvgIpc) is 2.63. The largest absolute Gasteiger partial charge is 0.300 e. The van der Waals surface area contributed by atoms with Crippen LogP contribution in [0, 0.1) is 17.8 Å². The van der Waals surface area contributed by atoms with Crippen LogP contribution in [0.1, 0.15) is 32.6 Å². The van der Waals surface area contributed by atoms with Gasteiger partial charge in [0.25, 0.3) is 0 Å². The van der Waals surface area contributed by atoms with E-state index in [-0.39, 0.29) is 0 Å². The lowest BCUT2D eigenvalue weighted by Crippen LogP contribution is -2.46. The second-order valence-corrected chi connectivity index (χ2v) is 6.40. The Morgan fingerprint density at radius 2 is 2.22 bits per heavy atom. The van der Waals surface area contributed by atoms with Crippen LogP contribution in [0.5, 0.6) is 0 Å². The maximum atomic E-state index is 4.10. The van der Waals surface area contributed by atoms with Gasteiger partial charge in [0.2, 0.25) is 0 Å². The summed E-state index contributed by atoms with van der Waals surface area (Å²) in [6, 6.07) is 1.55. The van der Waals surface area contributed by atoms with E-state index in [2.05, 4.69) is 49.8 Å². The van der Waals surface area contributed by atoms with Gasteiger partial charge in [0.1, 0.15) is 0 Å². The Morgan fingerprint density at radius 3 is 2.89 bits per heavy atom. The Hall–Kier alpha value is -0.820. The fourth-order valence-corrected chi connectivity index (χ4v) is 4.21. The molecule has 0 aromatic carbocycles. The van der Waals surface area contributed by atoms with Crippen LogP contribution in [-0.2, 0) is 0 Å². The van der Waals surface area contributed by atoms with Crippen molar-refractivity contribution in [3.05, 3.63) is 36.5 Å². The molecule has 5 unspecified atom stereocenters. The highest BCUT2D eigenvalue weighted by Gasteiger charge is 2.45. The second-order valence-electron chi connectivity index (χ2n) is 6.40. The van der Waals surface area contributed by atoms with Crippen LogP contribution in [0.3, 0.4) is 0 Å². The quantitative estimate of drug-likeness (QED) is 0.667. The molecule has 3 rings (SSSR count). The van der Waals surface area contributed by atoms with Crippen molar-refractivity contribution in [2.45, 2.75) is 44.7 Å². The Kier molecular flexibility index (Phi) is 3.19. The highest BCUT2D eigenvalue weighted by atomic mass is 15.2. The molecule has 0 N–H and O–H groups in total. The summed E-state index contributed by atoms with van der Waals surface area (Å²) in [5.74, 6) is 2.09. The molecule has 2 aliphatic heterocycles. The minimum Gasteiger partial charge on any atom is -0.300 e. The first-order valence-electron chi connectivity index (χ1n) is 7.43. The van der Waals surface area contributed by atoms with Crippen molar-refractivity contribution in [3.8, 4) is 0 Å². The van der Waals surface area contributed by atoms with Crippen LogP contribution in [0.2, 0.25) is 0 Å². The van der Waals surface area contributed by atoms with Gasteiger partial charge in [0, 0.05) is 18.0 Å². The van der Waals surface area contributed by atoms with Gasteiger partial charge in [-0.25, -0.2) is 0 Å². The van der Waals surface area contributed by atoms with Gasteiger partial charge in [-0.05, 0) is 50.1 Å². The Morgan fingerprint density at radius 1 is 1.39 bits per heavy atom. The smallest absolute Gasteiger partial charge is 0.0170 e. The van der Waals surface area contributed by atoms with E-state index in [0.717, 1.165) is 12.1 Å². The number of piperidine rings is 1. The number of hydrogen-bond donors (Lipinski definition) is 0. The molecule has 1 nitrogen and oxygen atoms in total. The molecule has 0 amide bonds. The number of nitrogens with zero attached hydrogens (tertiary/aromatic N) is 1. The van der Waals surface area contributed by atoms with Crippen molar-refractivity contribution >= 4 is 0 Å². The van der Waals surface area contributed by atoms with E-state index in [4.69, 9.17) is 0 Å². The van der Waals surface area contributed by atoms with Crippen LogP contribution in [0.15, 0.2) is 36.5 Å². The molecule has 0 aromatic rings. The van der Waals surface area contributed by atoms with E-state index in [0.29, 0.717) is 17.8 Å². The molecule has 0 saturated carbocycles. The molecule has 2 saturated heterocycles. The maximum absolute atomic E-state index is 4.10. The van der Waals surface area contributed by atoms with Crippen molar-refractivity contribution in [2.24, 2.45) is 17.8 Å². The molecule has 0 radical (unpaired) electrons. The molecule has 3 aliphatic rings. The number of hydrogen-bond acceptors (Lipinski definition) is 1. The summed E-state index contributed by atoms with van der Waals surface area (Å²) in [4.78, 5) is 2.64. The zero-order chi connectivity index (χ0) is 12.7. The fourth-order valence-electron chi connectivity index (χ4n) is 4.21. The van der Waals surface area contributed by atoms with Crippen LogP contribution < -0.4 is 0 Å². The summed E-state index contributed by atoms with van der Waals surface area (Å²) in [5, 5.41) is 0. The highest BCUT2D eigenvalue weighted by molar-refractivity contribution is 5.30. The summed E-state index contributed by atoms with van der Waals surface area (Å²) in [5.41, 5.74) is 1.58.